The highest BCUT2D eigenvalue weighted by Crippen LogP contribution is 2.67. The molecule has 2 bridgehead atoms. The van der Waals surface area contributed by atoms with Crippen molar-refractivity contribution >= 4 is 10.0 Å². The Morgan fingerprint density at radius 1 is 1.29 bits per heavy atom. The lowest BCUT2D eigenvalue weighted by molar-refractivity contribution is 0.0730. The highest BCUT2D eigenvalue weighted by molar-refractivity contribution is 7.89. The van der Waals surface area contributed by atoms with E-state index in [9.17, 15) is 8.42 Å². The van der Waals surface area contributed by atoms with Gasteiger partial charge in [0.05, 0.1) is 19.4 Å². The van der Waals surface area contributed by atoms with Crippen LogP contribution in [0.4, 0.5) is 0 Å². The molecule has 2 saturated carbocycles. The van der Waals surface area contributed by atoms with Crippen molar-refractivity contribution in [3.63, 3.8) is 0 Å². The molecule has 0 amide bonds. The van der Waals surface area contributed by atoms with Crippen LogP contribution in [0.5, 0.6) is 5.75 Å². The second kappa shape index (κ2) is 5.19. The molecule has 0 aromatic heterocycles. The Morgan fingerprint density at radius 2 is 2.00 bits per heavy atom. The number of nitrogens with one attached hydrogen (secondary N) is 1. The van der Waals surface area contributed by atoms with Gasteiger partial charge in [-0.2, -0.15) is 0 Å². The van der Waals surface area contributed by atoms with E-state index in [-0.39, 0.29) is 22.6 Å². The summed E-state index contributed by atoms with van der Waals surface area (Å²) in [6, 6.07) is 7.85. The number of rotatable bonds is 3. The van der Waals surface area contributed by atoms with E-state index < -0.39 is 10.0 Å². The summed E-state index contributed by atoms with van der Waals surface area (Å²) in [5, 5.41) is 0. The number of sulfonamides is 1. The molecule has 1 N–H and O–H groups in total. The van der Waals surface area contributed by atoms with Gasteiger partial charge in [0, 0.05) is 11.5 Å². The van der Waals surface area contributed by atoms with Gasteiger partial charge in [0.2, 0.25) is 10.0 Å². The second-order valence-electron chi connectivity index (χ2n) is 8.14. The van der Waals surface area contributed by atoms with Crippen LogP contribution >= 0.6 is 0 Å². The van der Waals surface area contributed by atoms with Crippen molar-refractivity contribution in [2.45, 2.75) is 45.7 Å². The molecule has 1 heterocycles. The zero-order chi connectivity index (χ0) is 17.2. The third kappa shape index (κ3) is 2.16. The van der Waals surface area contributed by atoms with Gasteiger partial charge in [-0.15, -0.1) is 4.41 Å². The zero-order valence-corrected chi connectivity index (χ0v) is 15.4. The zero-order valence-electron chi connectivity index (χ0n) is 14.6. The van der Waals surface area contributed by atoms with Gasteiger partial charge in [0.15, 0.2) is 0 Å². The van der Waals surface area contributed by atoms with Crippen LogP contribution in [0.3, 0.4) is 0 Å². The molecule has 5 nitrogen and oxygen atoms in total. The summed E-state index contributed by atoms with van der Waals surface area (Å²) < 4.78 is 32.6. The Labute approximate surface area is 144 Å². The quantitative estimate of drug-likeness (QED) is 0.910. The Bertz CT molecular complexity index is 744. The average Bonchev–Trinajstić information content (AvgIpc) is 2.89. The summed E-state index contributed by atoms with van der Waals surface area (Å²) in [4.78, 5) is 0. The first kappa shape index (κ1) is 16.4. The van der Waals surface area contributed by atoms with Gasteiger partial charge < -0.3 is 4.74 Å². The molecular weight excluding hydrogens is 324 g/mol. The predicted molar refractivity (Wildman–Crippen MR) is 92.8 cm³/mol. The monoisotopic (exact) mass is 350 g/mol. The molecule has 3 aliphatic rings. The summed E-state index contributed by atoms with van der Waals surface area (Å²) in [5.74, 6) is 1.69. The molecule has 24 heavy (non-hydrogen) atoms. The standard InChI is InChI=1S/C18H26N2O3S/c1-17(2)14-8-9-18(17)12-24(21,22)20(19-16(18)10-14)11-13-4-6-15(23-3)7-5-13/h4-7,14,16,19H,8-12H2,1-3H3/t14-,16-,18-/m1/s1. The molecule has 1 spiro atoms. The van der Waals surface area contributed by atoms with E-state index in [0.717, 1.165) is 24.2 Å². The van der Waals surface area contributed by atoms with Crippen molar-refractivity contribution in [1.29, 1.82) is 0 Å². The molecule has 6 heteroatoms. The summed E-state index contributed by atoms with van der Waals surface area (Å²) in [6.07, 6.45) is 3.28. The summed E-state index contributed by atoms with van der Waals surface area (Å²) in [7, 11) is -1.69. The molecule has 1 saturated heterocycles. The number of fused-ring (bicyclic) bond motifs is 1. The van der Waals surface area contributed by atoms with E-state index in [2.05, 4.69) is 19.3 Å². The molecule has 0 radical (unpaired) electrons. The molecule has 1 aromatic carbocycles. The van der Waals surface area contributed by atoms with Crippen LogP contribution in [-0.4, -0.2) is 31.7 Å². The van der Waals surface area contributed by atoms with Gasteiger partial charge in [-0.25, -0.2) is 13.8 Å². The minimum Gasteiger partial charge on any atom is -0.497 e. The lowest BCUT2D eigenvalue weighted by atomic mass is 9.69. The highest BCUT2D eigenvalue weighted by Gasteiger charge is 2.67. The minimum absolute atomic E-state index is 0.101. The molecular formula is C18H26N2O3S. The Morgan fingerprint density at radius 3 is 2.62 bits per heavy atom. The molecule has 3 fully saturated rings. The Kier molecular flexibility index (Phi) is 3.54. The van der Waals surface area contributed by atoms with Crippen LogP contribution in [-0.2, 0) is 16.6 Å². The van der Waals surface area contributed by atoms with Gasteiger partial charge in [0.1, 0.15) is 5.75 Å². The highest BCUT2D eigenvalue weighted by atomic mass is 32.2. The van der Waals surface area contributed by atoms with Gasteiger partial charge in [-0.05, 0) is 48.3 Å². The first-order chi connectivity index (χ1) is 11.3. The topological polar surface area (TPSA) is 58.6 Å². The maximum atomic E-state index is 13.0. The third-order valence-corrected chi connectivity index (χ3v) is 8.78. The smallest absolute Gasteiger partial charge is 0.227 e. The molecule has 2 aliphatic carbocycles. The van der Waals surface area contributed by atoms with Gasteiger partial charge in [-0.1, -0.05) is 26.0 Å². The number of hydrazine groups is 1. The van der Waals surface area contributed by atoms with E-state index >= 15 is 0 Å². The summed E-state index contributed by atoms with van der Waals surface area (Å²) in [6.45, 7) is 4.89. The van der Waals surface area contributed by atoms with Crippen LogP contribution in [0.25, 0.3) is 0 Å². The number of methoxy groups -OCH3 is 1. The third-order valence-electron chi connectivity index (χ3n) is 6.99. The van der Waals surface area contributed by atoms with E-state index in [1.165, 1.54) is 10.8 Å². The van der Waals surface area contributed by atoms with Crippen LogP contribution < -0.4 is 10.2 Å². The molecule has 1 aromatic rings. The molecule has 4 rings (SSSR count). The molecule has 1 aliphatic heterocycles. The Balaban J connectivity index is 1.59. The fourth-order valence-electron chi connectivity index (χ4n) is 5.30. The fraction of sp³-hybridized carbons (Fsp3) is 0.667. The van der Waals surface area contributed by atoms with Crippen LogP contribution in [0.2, 0.25) is 0 Å². The lowest BCUT2D eigenvalue weighted by Crippen LogP contribution is -2.63. The largest absolute Gasteiger partial charge is 0.497 e. The number of benzene rings is 1. The normalized spacial score (nSPS) is 36.5. The van der Waals surface area contributed by atoms with Crippen LogP contribution in [0.15, 0.2) is 24.3 Å². The van der Waals surface area contributed by atoms with Crippen molar-refractivity contribution in [3.05, 3.63) is 29.8 Å². The molecule has 132 valence electrons. The molecule has 3 atom stereocenters. The van der Waals surface area contributed by atoms with Gasteiger partial charge >= 0.3 is 0 Å². The number of hydrogen-bond acceptors (Lipinski definition) is 4. The van der Waals surface area contributed by atoms with Crippen LogP contribution in [0, 0.1) is 16.7 Å². The second-order valence-corrected chi connectivity index (χ2v) is 10.0. The first-order valence-electron chi connectivity index (χ1n) is 8.68. The van der Waals surface area contributed by atoms with Gasteiger partial charge in [-0.3, -0.25) is 0 Å². The number of hydrogen-bond donors (Lipinski definition) is 1. The van der Waals surface area contributed by atoms with Crippen molar-refractivity contribution < 1.29 is 13.2 Å². The van der Waals surface area contributed by atoms with Crippen LogP contribution in [0.1, 0.15) is 38.7 Å². The summed E-state index contributed by atoms with van der Waals surface area (Å²) in [5.41, 5.74) is 4.33. The maximum Gasteiger partial charge on any atom is 0.227 e. The van der Waals surface area contributed by atoms with E-state index in [0.29, 0.717) is 12.5 Å². The number of nitrogens with zero attached hydrogens (tertiary/aromatic N) is 1. The summed E-state index contributed by atoms with van der Waals surface area (Å²) >= 11 is 0. The first-order valence-corrected chi connectivity index (χ1v) is 10.3. The molecule has 0 unspecified atom stereocenters. The fourth-order valence-corrected chi connectivity index (χ4v) is 7.46. The van der Waals surface area contributed by atoms with E-state index in [1.54, 1.807) is 7.11 Å². The maximum absolute atomic E-state index is 13.0. The SMILES string of the molecule is COc1ccc(CN2N[C@@H]3C[C@H]4CC[C@]3(CS2(=O)=O)C4(C)C)cc1. The number of ether oxygens (including phenoxy) is 1. The van der Waals surface area contributed by atoms with Crippen molar-refractivity contribution in [2.75, 3.05) is 12.9 Å². The van der Waals surface area contributed by atoms with Crippen molar-refractivity contribution in [3.8, 4) is 5.75 Å². The van der Waals surface area contributed by atoms with Crippen molar-refractivity contribution in [1.82, 2.24) is 9.84 Å². The van der Waals surface area contributed by atoms with E-state index in [4.69, 9.17) is 4.74 Å². The lowest BCUT2D eigenvalue weighted by Gasteiger charge is -2.48. The van der Waals surface area contributed by atoms with E-state index in [1.807, 2.05) is 24.3 Å². The van der Waals surface area contributed by atoms with Gasteiger partial charge in [0.25, 0.3) is 0 Å². The Hall–Kier alpha value is -1.11. The average molecular weight is 350 g/mol. The van der Waals surface area contributed by atoms with Crippen molar-refractivity contribution in [2.24, 2.45) is 16.7 Å². The minimum atomic E-state index is -3.32. The predicted octanol–water partition coefficient (Wildman–Crippen LogP) is 2.54.